The number of carbonyl (C=O) groups is 2. The first-order valence-electron chi connectivity index (χ1n) is 8.53. The van der Waals surface area contributed by atoms with Gasteiger partial charge in [0.2, 0.25) is 11.8 Å². The lowest BCUT2D eigenvalue weighted by Crippen LogP contribution is -2.37. The number of hydrogen-bond donors (Lipinski definition) is 2. The maximum absolute atomic E-state index is 12.0. The highest BCUT2D eigenvalue weighted by atomic mass is 32.2. The molecule has 2 aromatic carbocycles. The minimum Gasteiger partial charge on any atom is -0.347 e. The number of aromatic nitrogens is 1. The van der Waals surface area contributed by atoms with Crippen LogP contribution in [0.5, 0.6) is 0 Å². The Labute approximate surface area is 171 Å². The molecule has 2 N–H and O–H groups in total. The highest BCUT2D eigenvalue weighted by Gasteiger charge is 2.11. The van der Waals surface area contributed by atoms with Gasteiger partial charge in [0.05, 0.1) is 29.3 Å². The molecule has 0 aliphatic rings. The van der Waals surface area contributed by atoms with Crippen molar-refractivity contribution in [2.45, 2.75) is 11.3 Å². The van der Waals surface area contributed by atoms with Crippen LogP contribution in [0.1, 0.15) is 5.01 Å². The van der Waals surface area contributed by atoms with Crippen LogP contribution < -0.4 is 10.6 Å². The number of thiazole rings is 1. The third-order valence-corrected chi connectivity index (χ3v) is 5.74. The van der Waals surface area contributed by atoms with Crippen LogP contribution in [0.4, 0.5) is 0 Å². The fraction of sp³-hybridized carbons (Fsp3) is 0.200. The molecule has 0 fully saturated rings. The van der Waals surface area contributed by atoms with Gasteiger partial charge in [0.25, 0.3) is 0 Å². The molecule has 0 radical (unpaired) electrons. The van der Waals surface area contributed by atoms with Crippen molar-refractivity contribution in [3.63, 3.8) is 0 Å². The SMILES string of the molecule is CSc1ccc(-c2ccc3nc(CC(=O)NCC(=O)NCC#N)sc3c2)cc1. The highest BCUT2D eigenvalue weighted by molar-refractivity contribution is 7.98. The summed E-state index contributed by atoms with van der Waals surface area (Å²) in [6, 6.07) is 16.3. The lowest BCUT2D eigenvalue weighted by molar-refractivity contribution is -0.125. The molecule has 1 aromatic heterocycles. The second-order valence-electron chi connectivity index (χ2n) is 5.91. The number of fused-ring (bicyclic) bond motifs is 1. The van der Waals surface area contributed by atoms with E-state index in [-0.39, 0.29) is 25.4 Å². The average Bonchev–Trinajstić information content (AvgIpc) is 3.12. The molecular weight excluding hydrogens is 392 g/mol. The fourth-order valence-corrected chi connectivity index (χ4v) is 4.00. The minimum atomic E-state index is -0.392. The predicted molar refractivity (Wildman–Crippen MR) is 112 cm³/mol. The Hall–Kier alpha value is -2.89. The summed E-state index contributed by atoms with van der Waals surface area (Å²) < 4.78 is 1.01. The van der Waals surface area contributed by atoms with Crippen molar-refractivity contribution in [2.24, 2.45) is 0 Å². The van der Waals surface area contributed by atoms with Crippen LogP contribution in [-0.4, -0.2) is 36.1 Å². The van der Waals surface area contributed by atoms with Gasteiger partial charge < -0.3 is 10.6 Å². The summed E-state index contributed by atoms with van der Waals surface area (Å²) in [4.78, 5) is 29.2. The molecule has 142 valence electrons. The molecular formula is C20H18N4O2S2. The Morgan fingerprint density at radius 2 is 1.86 bits per heavy atom. The number of nitrogens with one attached hydrogen (secondary N) is 2. The van der Waals surface area contributed by atoms with E-state index in [9.17, 15) is 9.59 Å². The van der Waals surface area contributed by atoms with E-state index in [0.29, 0.717) is 5.01 Å². The average molecular weight is 411 g/mol. The Balaban J connectivity index is 1.66. The molecule has 3 rings (SSSR count). The van der Waals surface area contributed by atoms with Crippen LogP contribution in [0, 0.1) is 11.3 Å². The molecule has 0 saturated carbocycles. The first kappa shape index (κ1) is 19.9. The van der Waals surface area contributed by atoms with E-state index in [0.717, 1.165) is 21.3 Å². The summed E-state index contributed by atoms with van der Waals surface area (Å²) in [6.07, 6.45) is 2.16. The Morgan fingerprint density at radius 1 is 1.11 bits per heavy atom. The summed E-state index contributed by atoms with van der Waals surface area (Å²) in [5.74, 6) is -0.671. The number of nitriles is 1. The first-order valence-corrected chi connectivity index (χ1v) is 10.6. The van der Waals surface area contributed by atoms with E-state index in [1.807, 2.05) is 18.2 Å². The van der Waals surface area contributed by atoms with E-state index in [1.54, 1.807) is 11.8 Å². The van der Waals surface area contributed by atoms with Gasteiger partial charge in [-0.3, -0.25) is 9.59 Å². The molecule has 6 nitrogen and oxygen atoms in total. The van der Waals surface area contributed by atoms with E-state index in [1.165, 1.54) is 16.2 Å². The van der Waals surface area contributed by atoms with Crippen molar-refractivity contribution < 1.29 is 9.59 Å². The summed E-state index contributed by atoms with van der Waals surface area (Å²) in [5.41, 5.74) is 3.09. The normalized spacial score (nSPS) is 10.4. The van der Waals surface area contributed by atoms with Crippen molar-refractivity contribution in [2.75, 3.05) is 19.3 Å². The van der Waals surface area contributed by atoms with Crippen LogP contribution in [0.3, 0.4) is 0 Å². The largest absolute Gasteiger partial charge is 0.347 e. The predicted octanol–water partition coefficient (Wildman–Crippen LogP) is 2.98. The van der Waals surface area contributed by atoms with Crippen LogP contribution in [-0.2, 0) is 16.0 Å². The van der Waals surface area contributed by atoms with Gasteiger partial charge in [0.1, 0.15) is 11.6 Å². The van der Waals surface area contributed by atoms with Gasteiger partial charge in [-0.25, -0.2) is 4.98 Å². The molecule has 1 heterocycles. The van der Waals surface area contributed by atoms with Gasteiger partial charge in [0, 0.05) is 4.90 Å². The topological polar surface area (TPSA) is 94.9 Å². The first-order chi connectivity index (χ1) is 13.6. The van der Waals surface area contributed by atoms with E-state index in [2.05, 4.69) is 52.2 Å². The number of hydrogen-bond acceptors (Lipinski definition) is 6. The smallest absolute Gasteiger partial charge is 0.240 e. The van der Waals surface area contributed by atoms with Crippen LogP contribution in [0.2, 0.25) is 0 Å². The second kappa shape index (κ2) is 9.35. The molecule has 28 heavy (non-hydrogen) atoms. The van der Waals surface area contributed by atoms with Crippen molar-refractivity contribution in [3.05, 3.63) is 47.5 Å². The maximum Gasteiger partial charge on any atom is 0.240 e. The Bertz CT molecular complexity index is 1040. The highest BCUT2D eigenvalue weighted by Crippen LogP contribution is 2.29. The van der Waals surface area contributed by atoms with Gasteiger partial charge in [-0.05, 0) is 41.6 Å². The fourth-order valence-electron chi connectivity index (χ4n) is 2.59. The van der Waals surface area contributed by atoms with Crippen molar-refractivity contribution in [1.29, 1.82) is 5.26 Å². The van der Waals surface area contributed by atoms with Gasteiger partial charge in [0.15, 0.2) is 0 Å². The zero-order chi connectivity index (χ0) is 19.9. The van der Waals surface area contributed by atoms with E-state index < -0.39 is 5.91 Å². The summed E-state index contributed by atoms with van der Waals surface area (Å²) in [7, 11) is 0. The van der Waals surface area contributed by atoms with Crippen molar-refractivity contribution in [3.8, 4) is 17.2 Å². The molecule has 0 saturated heterocycles. The lowest BCUT2D eigenvalue weighted by Gasteiger charge is -2.03. The zero-order valence-electron chi connectivity index (χ0n) is 15.2. The Kier molecular flexibility index (Phi) is 6.63. The molecule has 0 aliphatic heterocycles. The second-order valence-corrected chi connectivity index (χ2v) is 7.90. The molecule has 0 aliphatic carbocycles. The monoisotopic (exact) mass is 410 g/mol. The third kappa shape index (κ3) is 5.09. The van der Waals surface area contributed by atoms with Crippen LogP contribution in [0.15, 0.2) is 47.4 Å². The summed E-state index contributed by atoms with van der Waals surface area (Å²) in [6.45, 7) is -0.226. The third-order valence-electron chi connectivity index (χ3n) is 3.98. The molecule has 0 unspecified atom stereocenters. The number of rotatable bonds is 7. The summed E-state index contributed by atoms with van der Waals surface area (Å²) in [5, 5.41) is 14.0. The maximum atomic E-state index is 12.0. The van der Waals surface area contributed by atoms with E-state index in [4.69, 9.17) is 5.26 Å². The van der Waals surface area contributed by atoms with Gasteiger partial charge >= 0.3 is 0 Å². The minimum absolute atomic E-state index is 0.0745. The van der Waals surface area contributed by atoms with Crippen molar-refractivity contribution in [1.82, 2.24) is 15.6 Å². The molecule has 8 heteroatoms. The molecule has 0 atom stereocenters. The summed E-state index contributed by atoms with van der Waals surface area (Å²) >= 11 is 3.18. The number of thioether (sulfide) groups is 1. The number of benzene rings is 2. The van der Waals surface area contributed by atoms with E-state index >= 15 is 0 Å². The molecule has 2 amide bonds. The number of amides is 2. The number of carbonyl (C=O) groups excluding carboxylic acids is 2. The lowest BCUT2D eigenvalue weighted by atomic mass is 10.1. The van der Waals surface area contributed by atoms with Gasteiger partial charge in [-0.15, -0.1) is 23.1 Å². The van der Waals surface area contributed by atoms with Crippen LogP contribution >= 0.6 is 23.1 Å². The van der Waals surface area contributed by atoms with Crippen LogP contribution in [0.25, 0.3) is 21.3 Å². The standard InChI is InChI=1S/C20H18N4O2S2/c1-27-15-5-2-13(3-6-15)14-4-7-16-17(10-14)28-20(24-16)11-18(25)23-12-19(26)22-9-8-21/h2-7,10H,9,11-12H2,1H3,(H,22,26)(H,23,25). The van der Waals surface area contributed by atoms with Crippen molar-refractivity contribution >= 4 is 45.1 Å². The Morgan fingerprint density at radius 3 is 2.57 bits per heavy atom. The number of nitrogens with zero attached hydrogens (tertiary/aromatic N) is 2. The molecule has 0 bridgehead atoms. The van der Waals surface area contributed by atoms with Gasteiger partial charge in [-0.2, -0.15) is 5.26 Å². The van der Waals surface area contributed by atoms with Gasteiger partial charge in [-0.1, -0.05) is 18.2 Å². The quantitative estimate of drug-likeness (QED) is 0.461. The molecule has 0 spiro atoms. The molecule has 3 aromatic rings. The zero-order valence-corrected chi connectivity index (χ0v) is 16.8.